The fourth-order valence-electron chi connectivity index (χ4n) is 1.69. The standard InChI is InChI=1S/C12H17F3N2O3/c13-12(14,15)8-20-11(19)16-7-6-10(18)17-9-4-2-1-3-5-9/h2,4,9H,1,3,5-8H2,(H,16,19)(H,17,18). The van der Waals surface area contributed by atoms with Gasteiger partial charge in [0.1, 0.15) is 0 Å². The number of alkyl carbamates (subject to hydrolysis) is 1. The molecule has 1 unspecified atom stereocenters. The molecule has 0 aromatic heterocycles. The predicted molar refractivity (Wildman–Crippen MR) is 64.9 cm³/mol. The first-order valence-corrected chi connectivity index (χ1v) is 6.30. The van der Waals surface area contributed by atoms with Crippen LogP contribution in [0.25, 0.3) is 0 Å². The molecule has 0 aromatic rings. The lowest BCUT2D eigenvalue weighted by molar-refractivity contribution is -0.160. The van der Waals surface area contributed by atoms with Crippen molar-refractivity contribution >= 4 is 12.0 Å². The van der Waals surface area contributed by atoms with Gasteiger partial charge in [-0.3, -0.25) is 4.79 Å². The first kappa shape index (κ1) is 16.3. The number of alkyl halides is 3. The molecular formula is C12H17F3N2O3. The Morgan fingerprint density at radius 2 is 2.10 bits per heavy atom. The van der Waals surface area contributed by atoms with Gasteiger partial charge in [0.05, 0.1) is 0 Å². The van der Waals surface area contributed by atoms with Gasteiger partial charge in [-0.25, -0.2) is 4.79 Å². The third-order valence-corrected chi connectivity index (χ3v) is 2.59. The zero-order chi connectivity index (χ0) is 15.0. The van der Waals surface area contributed by atoms with Gasteiger partial charge in [-0.15, -0.1) is 0 Å². The van der Waals surface area contributed by atoms with Gasteiger partial charge in [0, 0.05) is 19.0 Å². The highest BCUT2D eigenvalue weighted by Gasteiger charge is 2.29. The van der Waals surface area contributed by atoms with E-state index in [-0.39, 0.29) is 24.9 Å². The second-order valence-electron chi connectivity index (χ2n) is 4.40. The van der Waals surface area contributed by atoms with Gasteiger partial charge in [-0.1, -0.05) is 12.2 Å². The van der Waals surface area contributed by atoms with Gasteiger partial charge in [0.2, 0.25) is 5.91 Å². The van der Waals surface area contributed by atoms with Gasteiger partial charge < -0.3 is 15.4 Å². The number of amides is 2. The van der Waals surface area contributed by atoms with Crippen LogP contribution in [0.3, 0.4) is 0 Å². The van der Waals surface area contributed by atoms with Crippen molar-refractivity contribution in [2.24, 2.45) is 0 Å². The van der Waals surface area contributed by atoms with E-state index in [4.69, 9.17) is 0 Å². The first-order chi connectivity index (χ1) is 9.37. The van der Waals surface area contributed by atoms with E-state index >= 15 is 0 Å². The molecule has 0 fully saturated rings. The molecule has 0 saturated carbocycles. The minimum absolute atomic E-state index is 0.00608. The van der Waals surface area contributed by atoms with Gasteiger partial charge in [0.25, 0.3) is 0 Å². The molecule has 5 nitrogen and oxygen atoms in total. The molecule has 2 amide bonds. The van der Waals surface area contributed by atoms with E-state index < -0.39 is 18.9 Å². The molecule has 0 heterocycles. The quantitative estimate of drug-likeness (QED) is 0.761. The SMILES string of the molecule is O=C(CCNC(=O)OCC(F)(F)F)NC1C=CCCC1. The van der Waals surface area contributed by atoms with Crippen molar-refractivity contribution in [3.8, 4) is 0 Å². The Bertz CT molecular complexity index is 369. The van der Waals surface area contributed by atoms with Crippen LogP contribution in [0.15, 0.2) is 12.2 Å². The summed E-state index contributed by atoms with van der Waals surface area (Å²) in [6.07, 6.45) is 1.01. The fourth-order valence-corrected chi connectivity index (χ4v) is 1.69. The van der Waals surface area contributed by atoms with Crippen LogP contribution >= 0.6 is 0 Å². The van der Waals surface area contributed by atoms with E-state index in [9.17, 15) is 22.8 Å². The van der Waals surface area contributed by atoms with Crippen molar-refractivity contribution in [2.75, 3.05) is 13.2 Å². The van der Waals surface area contributed by atoms with E-state index in [0.717, 1.165) is 19.3 Å². The average molecular weight is 294 g/mol. The van der Waals surface area contributed by atoms with Crippen LogP contribution in [0, 0.1) is 0 Å². The third-order valence-electron chi connectivity index (χ3n) is 2.59. The van der Waals surface area contributed by atoms with Crippen molar-refractivity contribution in [1.29, 1.82) is 0 Å². The number of carbonyl (C=O) groups excluding carboxylic acids is 2. The molecule has 114 valence electrons. The summed E-state index contributed by atoms with van der Waals surface area (Å²) < 4.78 is 39.2. The maximum atomic E-state index is 11.8. The van der Waals surface area contributed by atoms with Gasteiger partial charge in [-0.05, 0) is 19.3 Å². The Morgan fingerprint density at radius 3 is 2.70 bits per heavy atom. The van der Waals surface area contributed by atoms with Crippen LogP contribution in [-0.4, -0.2) is 37.4 Å². The predicted octanol–water partition coefficient (Wildman–Crippen LogP) is 1.89. The molecule has 1 atom stereocenters. The molecule has 0 bridgehead atoms. The summed E-state index contributed by atoms with van der Waals surface area (Å²) in [6, 6.07) is -0.00608. The molecular weight excluding hydrogens is 277 g/mol. The van der Waals surface area contributed by atoms with Crippen molar-refractivity contribution in [2.45, 2.75) is 37.9 Å². The average Bonchev–Trinajstić information content (AvgIpc) is 2.37. The van der Waals surface area contributed by atoms with Crippen molar-refractivity contribution in [3.05, 3.63) is 12.2 Å². The van der Waals surface area contributed by atoms with E-state index in [2.05, 4.69) is 15.4 Å². The number of hydrogen-bond donors (Lipinski definition) is 2. The second kappa shape index (κ2) is 7.76. The number of hydrogen-bond acceptors (Lipinski definition) is 3. The molecule has 1 aliphatic carbocycles. The maximum absolute atomic E-state index is 11.8. The summed E-state index contributed by atoms with van der Waals surface area (Å²) >= 11 is 0. The van der Waals surface area contributed by atoms with Crippen LogP contribution in [0.1, 0.15) is 25.7 Å². The summed E-state index contributed by atoms with van der Waals surface area (Å²) in [5.41, 5.74) is 0. The summed E-state index contributed by atoms with van der Waals surface area (Å²) in [7, 11) is 0. The highest BCUT2D eigenvalue weighted by atomic mass is 19.4. The van der Waals surface area contributed by atoms with E-state index in [1.807, 2.05) is 12.2 Å². The molecule has 1 aliphatic rings. The van der Waals surface area contributed by atoms with Gasteiger partial charge in [0.15, 0.2) is 6.61 Å². The fraction of sp³-hybridized carbons (Fsp3) is 0.667. The number of ether oxygens (including phenoxy) is 1. The van der Waals surface area contributed by atoms with Crippen LogP contribution in [0.2, 0.25) is 0 Å². The zero-order valence-electron chi connectivity index (χ0n) is 10.8. The summed E-state index contributed by atoms with van der Waals surface area (Å²) in [5, 5.41) is 4.83. The number of nitrogens with one attached hydrogen (secondary N) is 2. The number of rotatable bonds is 5. The zero-order valence-corrected chi connectivity index (χ0v) is 10.8. The molecule has 0 saturated heterocycles. The minimum Gasteiger partial charge on any atom is -0.440 e. The Morgan fingerprint density at radius 1 is 1.35 bits per heavy atom. The van der Waals surface area contributed by atoms with Crippen LogP contribution in [0.5, 0.6) is 0 Å². The molecule has 0 aromatic carbocycles. The van der Waals surface area contributed by atoms with Crippen molar-refractivity contribution in [1.82, 2.24) is 10.6 Å². The first-order valence-electron chi connectivity index (χ1n) is 6.30. The summed E-state index contributed by atoms with van der Waals surface area (Å²) in [5.74, 6) is -0.266. The monoisotopic (exact) mass is 294 g/mol. The lowest BCUT2D eigenvalue weighted by atomic mass is 10.0. The lowest BCUT2D eigenvalue weighted by Crippen LogP contribution is -2.37. The highest BCUT2D eigenvalue weighted by Crippen LogP contribution is 2.14. The molecule has 0 spiro atoms. The third kappa shape index (κ3) is 7.65. The van der Waals surface area contributed by atoms with E-state index in [1.165, 1.54) is 0 Å². The van der Waals surface area contributed by atoms with Gasteiger partial charge in [-0.2, -0.15) is 13.2 Å². The summed E-state index contributed by atoms with van der Waals surface area (Å²) in [4.78, 5) is 22.4. The van der Waals surface area contributed by atoms with Crippen LogP contribution < -0.4 is 10.6 Å². The van der Waals surface area contributed by atoms with Crippen molar-refractivity contribution in [3.63, 3.8) is 0 Å². The molecule has 1 rings (SSSR count). The van der Waals surface area contributed by atoms with Crippen molar-refractivity contribution < 1.29 is 27.5 Å². The molecule has 20 heavy (non-hydrogen) atoms. The Kier molecular flexibility index (Phi) is 6.33. The minimum atomic E-state index is -4.55. The second-order valence-corrected chi connectivity index (χ2v) is 4.40. The smallest absolute Gasteiger partial charge is 0.422 e. The molecule has 0 aliphatic heterocycles. The van der Waals surface area contributed by atoms with Crippen LogP contribution in [-0.2, 0) is 9.53 Å². The Labute approximate surface area is 114 Å². The number of allylic oxidation sites excluding steroid dienone is 1. The molecule has 0 radical (unpaired) electrons. The van der Waals surface area contributed by atoms with E-state index in [0.29, 0.717) is 0 Å². The Hall–Kier alpha value is -1.73. The molecule has 2 N–H and O–H groups in total. The number of halogens is 3. The van der Waals surface area contributed by atoms with Crippen LogP contribution in [0.4, 0.5) is 18.0 Å². The summed E-state index contributed by atoms with van der Waals surface area (Å²) in [6.45, 7) is -1.71. The largest absolute Gasteiger partial charge is 0.440 e. The van der Waals surface area contributed by atoms with E-state index in [1.54, 1.807) is 0 Å². The topological polar surface area (TPSA) is 67.4 Å². The molecule has 8 heteroatoms. The van der Waals surface area contributed by atoms with Gasteiger partial charge >= 0.3 is 12.3 Å². The number of carbonyl (C=O) groups is 2. The normalized spacial score (nSPS) is 18.4. The lowest BCUT2D eigenvalue weighted by Gasteiger charge is -2.17. The Balaban J connectivity index is 2.10. The maximum Gasteiger partial charge on any atom is 0.422 e. The highest BCUT2D eigenvalue weighted by molar-refractivity contribution is 5.77.